The van der Waals surface area contributed by atoms with E-state index in [2.05, 4.69) is 5.32 Å². The molecular formula is C20H35ClN2O13S. The fraction of sp³-hybridized carbons (Fsp3) is 0.950. The van der Waals surface area contributed by atoms with Crippen LogP contribution in [-0.2, 0) is 24.0 Å². The monoisotopic (exact) mass is 578 g/mol. The number of carbonyl (C=O) groups is 1. The van der Waals surface area contributed by atoms with Crippen molar-refractivity contribution in [3.63, 3.8) is 0 Å². The Bertz CT molecular complexity index is 865. The molecule has 3 aliphatic heterocycles. The Labute approximate surface area is 218 Å². The van der Waals surface area contributed by atoms with Crippen LogP contribution in [0.1, 0.15) is 6.42 Å². The van der Waals surface area contributed by atoms with Crippen LogP contribution in [-0.4, -0.2) is 160 Å². The first-order valence-corrected chi connectivity index (χ1v) is 14.2. The van der Waals surface area contributed by atoms with Crippen LogP contribution < -0.4 is 5.32 Å². The van der Waals surface area contributed by atoms with E-state index in [0.717, 1.165) is 4.90 Å². The molecule has 0 aromatic heterocycles. The molecule has 216 valence electrons. The number of urea groups is 1. The molecule has 0 aliphatic carbocycles. The molecule has 3 saturated heterocycles. The summed E-state index contributed by atoms with van der Waals surface area (Å²) in [5.74, 6) is -0.623. The lowest BCUT2D eigenvalue weighted by atomic mass is 9.95. The van der Waals surface area contributed by atoms with Crippen LogP contribution >= 0.6 is 11.6 Å². The van der Waals surface area contributed by atoms with Gasteiger partial charge >= 0.3 is 6.03 Å². The summed E-state index contributed by atoms with van der Waals surface area (Å²) < 4.78 is 40.4. The number of aliphatic hydroxyl groups excluding tert-OH is 7. The summed E-state index contributed by atoms with van der Waals surface area (Å²) in [5, 5.41) is 73.8. The molecule has 2 amide bonds. The van der Waals surface area contributed by atoms with Crippen LogP contribution in [0.4, 0.5) is 4.79 Å². The third kappa shape index (κ3) is 7.01. The fourth-order valence-corrected chi connectivity index (χ4v) is 6.62. The number of nitrogens with zero attached hydrogens (tertiary/aromatic N) is 1. The maximum atomic E-state index is 12.9. The second kappa shape index (κ2) is 13.0. The minimum Gasteiger partial charge on any atom is -0.394 e. The minimum atomic E-state index is -3.29. The molecule has 17 heteroatoms. The fourth-order valence-electron chi connectivity index (χ4n) is 4.68. The zero-order valence-electron chi connectivity index (χ0n) is 19.8. The van der Waals surface area contributed by atoms with Crippen LogP contribution in [0.5, 0.6) is 0 Å². The first kappa shape index (κ1) is 30.6. The highest BCUT2D eigenvalue weighted by Gasteiger charge is 2.52. The van der Waals surface area contributed by atoms with E-state index in [9.17, 15) is 49.0 Å². The number of hydrogen-bond donors (Lipinski definition) is 8. The Hall–Kier alpha value is -0.890. The van der Waals surface area contributed by atoms with E-state index >= 15 is 0 Å². The van der Waals surface area contributed by atoms with Crippen LogP contribution in [0, 0.1) is 5.92 Å². The van der Waals surface area contributed by atoms with Crippen molar-refractivity contribution in [2.75, 3.05) is 43.7 Å². The van der Waals surface area contributed by atoms with Crippen LogP contribution in [0.3, 0.4) is 0 Å². The first-order valence-electron chi connectivity index (χ1n) is 11.8. The van der Waals surface area contributed by atoms with E-state index in [1.807, 2.05) is 0 Å². The first-order chi connectivity index (χ1) is 17.4. The van der Waals surface area contributed by atoms with Gasteiger partial charge in [0.25, 0.3) is 0 Å². The van der Waals surface area contributed by atoms with E-state index in [1.54, 1.807) is 0 Å². The quantitative estimate of drug-likeness (QED) is 0.120. The number of hydrogen-bond acceptors (Lipinski definition) is 13. The molecule has 37 heavy (non-hydrogen) atoms. The van der Waals surface area contributed by atoms with Crippen molar-refractivity contribution in [1.29, 1.82) is 0 Å². The molecule has 0 aromatic carbocycles. The van der Waals surface area contributed by atoms with Crippen molar-refractivity contribution in [2.24, 2.45) is 5.92 Å². The number of aliphatic hydroxyl groups is 7. The number of ether oxygens (including phenoxy) is 3. The summed E-state index contributed by atoms with van der Waals surface area (Å²) in [6.45, 7) is -1.60. The summed E-state index contributed by atoms with van der Waals surface area (Å²) >= 11 is 5.64. The number of amides is 2. The van der Waals surface area contributed by atoms with Crippen molar-refractivity contribution in [1.82, 2.24) is 10.2 Å². The molecule has 3 rings (SSSR count). The maximum Gasteiger partial charge on any atom is 0.319 e. The lowest BCUT2D eigenvalue weighted by Crippen LogP contribution is -2.68. The number of rotatable bonds is 9. The Morgan fingerprint density at radius 2 is 1.65 bits per heavy atom. The molecule has 0 aromatic rings. The van der Waals surface area contributed by atoms with Gasteiger partial charge < -0.3 is 55.3 Å². The molecular weight excluding hydrogens is 544 g/mol. The largest absolute Gasteiger partial charge is 0.394 e. The van der Waals surface area contributed by atoms with Crippen molar-refractivity contribution in [2.45, 2.75) is 67.8 Å². The van der Waals surface area contributed by atoms with E-state index in [-0.39, 0.29) is 36.9 Å². The Kier molecular flexibility index (Phi) is 10.7. The third-order valence-electron chi connectivity index (χ3n) is 6.70. The average molecular weight is 579 g/mol. The second-order valence-corrected chi connectivity index (χ2v) is 12.0. The highest BCUT2D eigenvalue weighted by atomic mass is 35.5. The predicted octanol–water partition coefficient (Wildman–Crippen LogP) is -4.70. The molecule has 0 saturated carbocycles. The molecule has 3 heterocycles. The van der Waals surface area contributed by atoms with Crippen molar-refractivity contribution >= 4 is 27.5 Å². The molecule has 3 aliphatic rings. The van der Waals surface area contributed by atoms with Gasteiger partial charge in [0.1, 0.15) is 48.8 Å². The highest BCUT2D eigenvalue weighted by molar-refractivity contribution is 7.91. The average Bonchev–Trinajstić information content (AvgIpc) is 3.22. The SMILES string of the molecule is O=C(NCCCl)N(CC1CCS(=O)(=O)C1)C1O[C@H](CO)[C@@H](O[C@H]2O[C@H](CO)[C@@H](O)[C@H](O)[C@H]2O)[C@H](O)[C@H]1O. The number of halogens is 1. The second-order valence-electron chi connectivity index (χ2n) is 9.37. The Morgan fingerprint density at radius 3 is 2.22 bits per heavy atom. The van der Waals surface area contributed by atoms with Crippen molar-refractivity contribution in [3.8, 4) is 0 Å². The Morgan fingerprint density at radius 1 is 0.973 bits per heavy atom. The van der Waals surface area contributed by atoms with Crippen molar-refractivity contribution in [3.05, 3.63) is 0 Å². The molecule has 15 nitrogen and oxygen atoms in total. The standard InChI is InChI=1S/C20H35ClN2O13S/c21-2-3-22-20(31)23(5-9-1-4-37(32,33)8-9)18-15(29)14(28)17(11(7-25)34-18)36-19-16(30)13(27)12(26)10(6-24)35-19/h9-19,24-30H,1-8H2,(H,22,31)/t9?,10-,11-,12-,13+,14-,15-,16-,17-,18?,19-/m1/s1. The van der Waals surface area contributed by atoms with Gasteiger partial charge in [-0.3, -0.25) is 4.90 Å². The van der Waals surface area contributed by atoms with E-state index in [1.165, 1.54) is 0 Å². The lowest BCUT2D eigenvalue weighted by Gasteiger charge is -2.48. The van der Waals surface area contributed by atoms with Crippen LogP contribution in [0.15, 0.2) is 0 Å². The van der Waals surface area contributed by atoms with Gasteiger partial charge in [0.2, 0.25) is 0 Å². The molecule has 2 unspecified atom stereocenters. The molecule has 0 radical (unpaired) electrons. The summed E-state index contributed by atoms with van der Waals surface area (Å²) in [7, 11) is -3.29. The van der Waals surface area contributed by atoms with Crippen LogP contribution in [0.25, 0.3) is 0 Å². The summed E-state index contributed by atoms with van der Waals surface area (Å²) in [4.78, 5) is 13.9. The van der Waals surface area contributed by atoms with Gasteiger partial charge in [-0.2, -0.15) is 0 Å². The van der Waals surface area contributed by atoms with Gasteiger partial charge in [0, 0.05) is 19.0 Å². The van der Waals surface area contributed by atoms with Gasteiger partial charge in [-0.15, -0.1) is 11.6 Å². The van der Waals surface area contributed by atoms with Crippen LogP contribution in [0.2, 0.25) is 0 Å². The minimum absolute atomic E-state index is 0.0531. The Balaban J connectivity index is 1.79. The molecule has 8 N–H and O–H groups in total. The van der Waals surface area contributed by atoms with E-state index in [4.69, 9.17) is 25.8 Å². The molecule has 11 atom stereocenters. The van der Waals surface area contributed by atoms with E-state index in [0.29, 0.717) is 0 Å². The normalized spacial score (nSPS) is 41.9. The maximum absolute atomic E-state index is 12.9. The summed E-state index contributed by atoms with van der Waals surface area (Å²) in [6.07, 6.45) is -16.1. The third-order valence-corrected chi connectivity index (χ3v) is 8.73. The van der Waals surface area contributed by atoms with E-state index < -0.39 is 96.3 Å². The van der Waals surface area contributed by atoms with Gasteiger partial charge in [0.05, 0.1) is 24.7 Å². The highest BCUT2D eigenvalue weighted by Crippen LogP contribution is 2.31. The smallest absolute Gasteiger partial charge is 0.319 e. The molecule has 0 spiro atoms. The topological polar surface area (TPSA) is 236 Å². The van der Waals surface area contributed by atoms with Gasteiger partial charge in [-0.25, -0.2) is 13.2 Å². The van der Waals surface area contributed by atoms with Gasteiger partial charge in [0.15, 0.2) is 22.4 Å². The van der Waals surface area contributed by atoms with Crippen molar-refractivity contribution < 1.29 is 63.2 Å². The van der Waals surface area contributed by atoms with Gasteiger partial charge in [-0.1, -0.05) is 0 Å². The number of carbonyl (C=O) groups excluding carboxylic acids is 1. The van der Waals surface area contributed by atoms with Gasteiger partial charge in [-0.05, 0) is 12.3 Å². The zero-order chi connectivity index (χ0) is 27.5. The predicted molar refractivity (Wildman–Crippen MR) is 124 cm³/mol. The number of sulfone groups is 1. The number of alkyl halides is 1. The zero-order valence-corrected chi connectivity index (χ0v) is 21.4. The molecule has 3 fully saturated rings. The summed E-state index contributed by atoms with van der Waals surface area (Å²) in [5.41, 5.74) is 0. The molecule has 0 bridgehead atoms. The summed E-state index contributed by atoms with van der Waals surface area (Å²) in [6, 6.07) is -0.744. The number of nitrogens with one attached hydrogen (secondary N) is 1. The lowest BCUT2D eigenvalue weighted by molar-refractivity contribution is -0.347.